The molecule has 2 N–H and O–H groups in total. The number of guanidine groups is 1. The summed E-state index contributed by atoms with van der Waals surface area (Å²) in [5.74, 6) is 0.923. The Morgan fingerprint density at radius 1 is 1.19 bits per heavy atom. The normalized spacial score (nSPS) is 16.7. The highest BCUT2D eigenvalue weighted by atomic mass is 16.5. The van der Waals surface area contributed by atoms with Crippen molar-refractivity contribution in [3.63, 3.8) is 0 Å². The highest BCUT2D eigenvalue weighted by Gasteiger charge is 2.19. The Morgan fingerprint density at radius 3 is 2.50 bits per heavy atom. The Bertz CT molecular complexity index is 545. The molecule has 0 aliphatic carbocycles. The molecule has 5 nitrogen and oxygen atoms in total. The highest BCUT2D eigenvalue weighted by Crippen LogP contribution is 2.11. The topological polar surface area (TPSA) is 48.9 Å². The smallest absolute Gasteiger partial charge is 0.191 e. The fraction of sp³-hybridized carbons (Fsp3) is 0.667. The molecular formula is C21H36N4O. The first kappa shape index (κ1) is 20.7. The molecule has 26 heavy (non-hydrogen) atoms. The number of nitrogens with zero attached hydrogens (tertiary/aromatic N) is 2. The molecule has 0 radical (unpaired) electrons. The van der Waals surface area contributed by atoms with Crippen LogP contribution in [0.5, 0.6) is 0 Å². The van der Waals surface area contributed by atoms with Gasteiger partial charge in [-0.15, -0.1) is 0 Å². The van der Waals surface area contributed by atoms with Gasteiger partial charge in [-0.2, -0.15) is 0 Å². The van der Waals surface area contributed by atoms with E-state index in [1.54, 1.807) is 7.11 Å². The minimum Gasteiger partial charge on any atom is -0.385 e. The van der Waals surface area contributed by atoms with Crippen LogP contribution in [0, 0.1) is 13.8 Å². The molecule has 5 heteroatoms. The molecule has 1 heterocycles. The maximum Gasteiger partial charge on any atom is 0.191 e. The lowest BCUT2D eigenvalue weighted by atomic mass is 10.0. The first-order valence-electron chi connectivity index (χ1n) is 9.86. The van der Waals surface area contributed by atoms with Crippen LogP contribution in [-0.4, -0.2) is 63.8 Å². The Balaban J connectivity index is 1.68. The first-order valence-corrected chi connectivity index (χ1v) is 9.86. The van der Waals surface area contributed by atoms with Crippen LogP contribution in [0.25, 0.3) is 0 Å². The molecule has 0 spiro atoms. The average Bonchev–Trinajstić information content (AvgIpc) is 2.61. The molecule has 1 aliphatic heterocycles. The molecule has 1 saturated heterocycles. The maximum atomic E-state index is 5.14. The van der Waals surface area contributed by atoms with Crippen molar-refractivity contribution in [1.29, 1.82) is 0 Å². The van der Waals surface area contributed by atoms with Crippen LogP contribution < -0.4 is 10.6 Å². The Kier molecular flexibility index (Phi) is 8.92. The van der Waals surface area contributed by atoms with Gasteiger partial charge in [0, 0.05) is 53.0 Å². The van der Waals surface area contributed by atoms with Gasteiger partial charge in [0.15, 0.2) is 5.96 Å². The third-order valence-corrected chi connectivity index (χ3v) is 4.96. The third kappa shape index (κ3) is 7.34. The van der Waals surface area contributed by atoms with E-state index in [4.69, 9.17) is 4.74 Å². The van der Waals surface area contributed by atoms with Crippen LogP contribution in [0.2, 0.25) is 0 Å². The lowest BCUT2D eigenvalue weighted by Gasteiger charge is -2.33. The molecule has 0 saturated carbocycles. The largest absolute Gasteiger partial charge is 0.385 e. The standard InChI is InChI=1S/C21H36N4O/c1-17-14-18(2)16-19(15-17)6-9-23-21(22-3)24-20-7-11-25(12-8-20)10-5-13-26-4/h14-16,20H,5-13H2,1-4H3,(H2,22,23,24). The van der Waals surface area contributed by atoms with Crippen molar-refractivity contribution in [3.05, 3.63) is 34.9 Å². The predicted octanol–water partition coefficient (Wildman–Crippen LogP) is 2.51. The van der Waals surface area contributed by atoms with Gasteiger partial charge in [-0.1, -0.05) is 29.3 Å². The van der Waals surface area contributed by atoms with Gasteiger partial charge in [-0.3, -0.25) is 4.99 Å². The second kappa shape index (κ2) is 11.2. The monoisotopic (exact) mass is 360 g/mol. The van der Waals surface area contributed by atoms with Gasteiger partial charge < -0.3 is 20.3 Å². The molecular weight excluding hydrogens is 324 g/mol. The number of rotatable bonds is 8. The van der Waals surface area contributed by atoms with Crippen molar-refractivity contribution in [1.82, 2.24) is 15.5 Å². The lowest BCUT2D eigenvalue weighted by molar-refractivity contribution is 0.155. The summed E-state index contributed by atoms with van der Waals surface area (Å²) in [4.78, 5) is 6.93. The fourth-order valence-electron chi connectivity index (χ4n) is 3.66. The zero-order chi connectivity index (χ0) is 18.8. The summed E-state index contributed by atoms with van der Waals surface area (Å²) in [5.41, 5.74) is 4.05. The van der Waals surface area contributed by atoms with E-state index in [1.807, 2.05) is 7.05 Å². The van der Waals surface area contributed by atoms with Crippen molar-refractivity contribution in [2.45, 2.75) is 45.6 Å². The van der Waals surface area contributed by atoms with E-state index in [1.165, 1.54) is 29.5 Å². The van der Waals surface area contributed by atoms with Gasteiger partial charge in [-0.25, -0.2) is 0 Å². The summed E-state index contributed by atoms with van der Waals surface area (Å²) >= 11 is 0. The minimum atomic E-state index is 0.515. The van der Waals surface area contributed by atoms with Crippen molar-refractivity contribution >= 4 is 5.96 Å². The molecule has 0 unspecified atom stereocenters. The number of aliphatic imine (C=N–C) groups is 1. The van der Waals surface area contributed by atoms with Gasteiger partial charge in [0.25, 0.3) is 0 Å². The molecule has 1 aromatic carbocycles. The molecule has 1 fully saturated rings. The summed E-state index contributed by atoms with van der Waals surface area (Å²) in [6, 6.07) is 7.27. The number of piperidine rings is 1. The molecule has 146 valence electrons. The maximum absolute atomic E-state index is 5.14. The van der Waals surface area contributed by atoms with E-state index in [9.17, 15) is 0 Å². The minimum absolute atomic E-state index is 0.515. The molecule has 2 rings (SSSR count). The molecule has 1 aliphatic rings. The van der Waals surface area contributed by atoms with E-state index in [0.29, 0.717) is 6.04 Å². The van der Waals surface area contributed by atoms with E-state index < -0.39 is 0 Å². The molecule has 0 aromatic heterocycles. The van der Waals surface area contributed by atoms with Gasteiger partial charge in [0.2, 0.25) is 0 Å². The van der Waals surface area contributed by atoms with E-state index >= 15 is 0 Å². The van der Waals surface area contributed by atoms with E-state index in [-0.39, 0.29) is 0 Å². The predicted molar refractivity (Wildman–Crippen MR) is 110 cm³/mol. The number of nitrogens with one attached hydrogen (secondary N) is 2. The molecule has 0 amide bonds. The van der Waals surface area contributed by atoms with Gasteiger partial charge >= 0.3 is 0 Å². The fourth-order valence-corrected chi connectivity index (χ4v) is 3.66. The van der Waals surface area contributed by atoms with Crippen molar-refractivity contribution in [2.75, 3.05) is 46.9 Å². The highest BCUT2D eigenvalue weighted by molar-refractivity contribution is 5.79. The quantitative estimate of drug-likeness (QED) is 0.425. The van der Waals surface area contributed by atoms with E-state index in [0.717, 1.165) is 51.6 Å². The second-order valence-electron chi connectivity index (χ2n) is 7.35. The summed E-state index contributed by atoms with van der Waals surface area (Å²) in [5, 5.41) is 7.06. The Labute approximate surface area is 159 Å². The summed E-state index contributed by atoms with van der Waals surface area (Å²) in [6.45, 7) is 9.52. The van der Waals surface area contributed by atoms with Crippen molar-refractivity contribution < 1.29 is 4.74 Å². The molecule has 0 bridgehead atoms. The SMILES string of the molecule is CN=C(NCCc1cc(C)cc(C)c1)NC1CCN(CCCOC)CC1. The number of likely N-dealkylation sites (tertiary alicyclic amines) is 1. The van der Waals surface area contributed by atoms with Gasteiger partial charge in [0.05, 0.1) is 0 Å². The average molecular weight is 361 g/mol. The number of ether oxygens (including phenoxy) is 1. The van der Waals surface area contributed by atoms with Gasteiger partial charge in [0.1, 0.15) is 0 Å². The summed E-state index contributed by atoms with van der Waals surface area (Å²) < 4.78 is 5.14. The lowest BCUT2D eigenvalue weighted by Crippen LogP contribution is -2.49. The number of hydrogen-bond donors (Lipinski definition) is 2. The van der Waals surface area contributed by atoms with Crippen LogP contribution in [0.4, 0.5) is 0 Å². The van der Waals surface area contributed by atoms with Crippen LogP contribution in [-0.2, 0) is 11.2 Å². The number of hydrogen-bond acceptors (Lipinski definition) is 3. The summed E-state index contributed by atoms with van der Waals surface area (Å²) in [7, 11) is 3.63. The zero-order valence-corrected chi connectivity index (χ0v) is 17.0. The second-order valence-corrected chi connectivity index (χ2v) is 7.35. The van der Waals surface area contributed by atoms with Crippen LogP contribution in [0.15, 0.2) is 23.2 Å². The number of benzene rings is 1. The third-order valence-electron chi connectivity index (χ3n) is 4.96. The summed E-state index contributed by atoms with van der Waals surface area (Å²) in [6.07, 6.45) is 4.48. The Morgan fingerprint density at radius 2 is 1.88 bits per heavy atom. The molecule has 1 aromatic rings. The van der Waals surface area contributed by atoms with Crippen LogP contribution >= 0.6 is 0 Å². The first-order chi connectivity index (χ1) is 12.6. The zero-order valence-electron chi connectivity index (χ0n) is 17.0. The Hall–Kier alpha value is -1.59. The van der Waals surface area contributed by atoms with Crippen molar-refractivity contribution in [3.8, 4) is 0 Å². The van der Waals surface area contributed by atoms with Gasteiger partial charge in [-0.05, 0) is 45.1 Å². The van der Waals surface area contributed by atoms with Crippen LogP contribution in [0.1, 0.15) is 36.0 Å². The van der Waals surface area contributed by atoms with Crippen LogP contribution in [0.3, 0.4) is 0 Å². The van der Waals surface area contributed by atoms with Crippen molar-refractivity contribution in [2.24, 2.45) is 4.99 Å². The molecule has 0 atom stereocenters. The number of methoxy groups -OCH3 is 1. The number of aryl methyl sites for hydroxylation is 2. The van der Waals surface area contributed by atoms with E-state index in [2.05, 4.69) is 52.6 Å².